The van der Waals surface area contributed by atoms with Gasteiger partial charge < -0.3 is 9.84 Å². The Morgan fingerprint density at radius 3 is 2.83 bits per heavy atom. The van der Waals surface area contributed by atoms with Gasteiger partial charge in [0.25, 0.3) is 0 Å². The van der Waals surface area contributed by atoms with Gasteiger partial charge in [-0.1, -0.05) is 6.07 Å². The molecule has 0 fully saturated rings. The van der Waals surface area contributed by atoms with Gasteiger partial charge in [-0.05, 0) is 17.7 Å². The van der Waals surface area contributed by atoms with E-state index in [1.165, 1.54) is 7.11 Å². The van der Waals surface area contributed by atoms with Crippen molar-refractivity contribution in [2.75, 3.05) is 7.11 Å². The lowest BCUT2D eigenvalue weighted by Gasteiger charge is -2.02. The number of rotatable bonds is 2. The fourth-order valence-corrected chi connectivity index (χ4v) is 0.893. The number of hydrogen-bond donors (Lipinski definition) is 1. The number of nitriles is 1. The molecule has 1 aromatic rings. The Labute approximate surface area is 70.8 Å². The molecule has 1 aromatic carbocycles. The van der Waals surface area contributed by atoms with Crippen molar-refractivity contribution in [3.63, 3.8) is 0 Å². The monoisotopic (exact) mass is 162 g/mol. The Balaban J connectivity index is 3.13. The first-order valence-corrected chi connectivity index (χ1v) is 3.37. The first-order valence-electron chi connectivity index (χ1n) is 3.37. The first kappa shape index (κ1) is 8.57. The average molecular weight is 162 g/mol. The number of hydrogen-bond acceptors (Lipinski definition) is 3. The molecule has 0 spiro atoms. The summed E-state index contributed by atoms with van der Waals surface area (Å²) in [4.78, 5) is 0. The van der Waals surface area contributed by atoms with Gasteiger partial charge >= 0.3 is 0 Å². The lowest BCUT2D eigenvalue weighted by atomic mass is 10.1. The minimum Gasteiger partial charge on any atom is -0.495 e. The van der Waals surface area contributed by atoms with Crippen LogP contribution in [0.1, 0.15) is 11.1 Å². The van der Waals surface area contributed by atoms with E-state index in [2.05, 4.69) is 0 Å². The Kier molecular flexibility index (Phi) is 2.67. The van der Waals surface area contributed by atoms with Crippen molar-refractivity contribution in [2.24, 2.45) is 0 Å². The van der Waals surface area contributed by atoms with Crippen LogP contribution in [0.15, 0.2) is 18.2 Å². The van der Waals surface area contributed by atoms with Gasteiger partial charge in [-0.3, -0.25) is 0 Å². The quantitative estimate of drug-likeness (QED) is 0.716. The van der Waals surface area contributed by atoms with Crippen LogP contribution in [0.25, 0.3) is 0 Å². The Morgan fingerprint density at radius 1 is 1.58 bits per heavy atom. The molecule has 61 valence electrons. The van der Waals surface area contributed by atoms with Gasteiger partial charge in [-0.15, -0.1) is 0 Å². The summed E-state index contributed by atoms with van der Waals surface area (Å²) < 4.78 is 4.92. The Bertz CT molecular complexity index is 315. The third-order valence-corrected chi connectivity index (χ3v) is 1.49. The van der Waals surface area contributed by atoms with Crippen molar-refractivity contribution in [1.82, 2.24) is 0 Å². The third-order valence-electron chi connectivity index (χ3n) is 1.49. The van der Waals surface area contributed by atoms with E-state index >= 15 is 0 Å². The van der Waals surface area contributed by atoms with Crippen molar-refractivity contribution in [3.8, 4) is 11.8 Å². The standard InChI is InChI=1S/C9H8NO2/c1-12-9-3-2-7(6-11)4-8(9)5-10/h2-4,6,11H,1H3. The summed E-state index contributed by atoms with van der Waals surface area (Å²) in [7, 11) is 1.50. The number of aliphatic hydroxyl groups excluding tert-OH is 1. The van der Waals surface area contributed by atoms with Gasteiger partial charge in [-0.2, -0.15) is 5.26 Å². The molecule has 1 N–H and O–H groups in total. The van der Waals surface area contributed by atoms with Crippen LogP contribution in [0.2, 0.25) is 0 Å². The maximum atomic E-state index is 8.65. The molecule has 0 heterocycles. The van der Waals surface area contributed by atoms with Crippen LogP contribution in [0.4, 0.5) is 0 Å². The largest absolute Gasteiger partial charge is 0.495 e. The molecule has 0 saturated carbocycles. The number of methoxy groups -OCH3 is 1. The molecule has 1 rings (SSSR count). The van der Waals surface area contributed by atoms with E-state index in [-0.39, 0.29) is 0 Å². The maximum Gasteiger partial charge on any atom is 0.136 e. The van der Waals surface area contributed by atoms with Gasteiger partial charge in [0.15, 0.2) is 0 Å². The van der Waals surface area contributed by atoms with Crippen LogP contribution >= 0.6 is 0 Å². The molecule has 0 aliphatic carbocycles. The van der Waals surface area contributed by atoms with Crippen molar-refractivity contribution >= 4 is 0 Å². The molecule has 0 unspecified atom stereocenters. The van der Waals surface area contributed by atoms with E-state index in [1.54, 1.807) is 18.2 Å². The van der Waals surface area contributed by atoms with Crippen molar-refractivity contribution in [1.29, 1.82) is 5.26 Å². The predicted octanol–water partition coefficient (Wildman–Crippen LogP) is 1.45. The van der Waals surface area contributed by atoms with E-state index in [1.807, 2.05) is 6.07 Å². The molecule has 0 aliphatic heterocycles. The van der Waals surface area contributed by atoms with Gasteiger partial charge in [0.1, 0.15) is 18.4 Å². The van der Waals surface area contributed by atoms with Crippen LogP contribution < -0.4 is 4.74 Å². The summed E-state index contributed by atoms with van der Waals surface area (Å²) in [5, 5.41) is 17.3. The Morgan fingerprint density at radius 2 is 2.33 bits per heavy atom. The fraction of sp³-hybridized carbons (Fsp3) is 0.111. The molecule has 0 amide bonds. The average Bonchev–Trinajstić information content (AvgIpc) is 2.16. The molecular formula is C9H8NO2. The number of nitrogens with zero attached hydrogens (tertiary/aromatic N) is 1. The highest BCUT2D eigenvalue weighted by atomic mass is 16.5. The highest BCUT2D eigenvalue weighted by Crippen LogP contribution is 2.18. The predicted molar refractivity (Wildman–Crippen MR) is 43.0 cm³/mol. The zero-order chi connectivity index (χ0) is 8.97. The van der Waals surface area contributed by atoms with Crippen molar-refractivity contribution in [3.05, 3.63) is 35.9 Å². The van der Waals surface area contributed by atoms with Crippen molar-refractivity contribution in [2.45, 2.75) is 0 Å². The summed E-state index contributed by atoms with van der Waals surface area (Å²) in [6.07, 6.45) is 0. The van der Waals surface area contributed by atoms with E-state index in [9.17, 15) is 0 Å². The molecule has 0 aromatic heterocycles. The molecule has 3 heteroatoms. The topological polar surface area (TPSA) is 53.2 Å². The third kappa shape index (κ3) is 1.55. The molecule has 1 radical (unpaired) electrons. The first-order chi connectivity index (χ1) is 5.81. The number of aliphatic hydroxyl groups is 1. The zero-order valence-corrected chi connectivity index (χ0v) is 6.61. The summed E-state index contributed by atoms with van der Waals surface area (Å²) in [6.45, 7) is 0.945. The molecule has 0 atom stereocenters. The van der Waals surface area contributed by atoms with Crippen LogP contribution in [0, 0.1) is 17.9 Å². The highest BCUT2D eigenvalue weighted by Gasteiger charge is 2.02. The summed E-state index contributed by atoms with van der Waals surface area (Å²) in [6, 6.07) is 6.83. The number of ether oxygens (including phenoxy) is 1. The highest BCUT2D eigenvalue weighted by molar-refractivity contribution is 5.46. The van der Waals surface area contributed by atoms with Crippen LogP contribution in [-0.2, 0) is 0 Å². The Hall–Kier alpha value is -1.53. The minimum atomic E-state index is 0.417. The second-order valence-electron chi connectivity index (χ2n) is 2.20. The van der Waals surface area contributed by atoms with Gasteiger partial charge in [0.2, 0.25) is 0 Å². The summed E-state index contributed by atoms with van der Waals surface area (Å²) in [5.74, 6) is 0.517. The smallest absolute Gasteiger partial charge is 0.136 e. The van der Waals surface area contributed by atoms with Crippen LogP contribution in [-0.4, -0.2) is 12.2 Å². The second kappa shape index (κ2) is 3.74. The van der Waals surface area contributed by atoms with Crippen LogP contribution in [0.5, 0.6) is 5.75 Å². The van der Waals surface area contributed by atoms with Crippen LogP contribution in [0.3, 0.4) is 0 Å². The maximum absolute atomic E-state index is 8.65. The van der Waals surface area contributed by atoms with Gasteiger partial charge in [-0.25, -0.2) is 0 Å². The normalized spacial score (nSPS) is 9.08. The van der Waals surface area contributed by atoms with Crippen molar-refractivity contribution < 1.29 is 9.84 Å². The SMILES string of the molecule is COc1ccc([CH]O)cc1C#N. The fourth-order valence-electron chi connectivity index (χ4n) is 0.893. The summed E-state index contributed by atoms with van der Waals surface area (Å²) in [5.41, 5.74) is 1.01. The lowest BCUT2D eigenvalue weighted by molar-refractivity contribution is 0.408. The van der Waals surface area contributed by atoms with E-state index in [0.29, 0.717) is 16.9 Å². The molecule has 0 bridgehead atoms. The second-order valence-corrected chi connectivity index (χ2v) is 2.20. The van der Waals surface area contributed by atoms with E-state index in [0.717, 1.165) is 6.61 Å². The minimum absolute atomic E-state index is 0.417. The van der Waals surface area contributed by atoms with Gasteiger partial charge in [0, 0.05) is 0 Å². The van der Waals surface area contributed by atoms with Gasteiger partial charge in [0.05, 0.1) is 12.7 Å². The summed E-state index contributed by atoms with van der Waals surface area (Å²) >= 11 is 0. The zero-order valence-electron chi connectivity index (χ0n) is 6.61. The number of benzene rings is 1. The lowest BCUT2D eigenvalue weighted by Crippen LogP contribution is -1.89. The molecule has 0 aliphatic rings. The molecule has 12 heavy (non-hydrogen) atoms. The van der Waals surface area contributed by atoms with E-state index in [4.69, 9.17) is 15.1 Å². The molecular weight excluding hydrogens is 154 g/mol. The van der Waals surface area contributed by atoms with E-state index < -0.39 is 0 Å². The molecule has 3 nitrogen and oxygen atoms in total. The molecule has 0 saturated heterocycles.